The van der Waals surface area contributed by atoms with Crippen molar-refractivity contribution >= 4 is 34.2 Å². The monoisotopic (exact) mass is 359 g/mol. The average Bonchev–Trinajstić information content (AvgIpc) is 3.14. The van der Waals surface area contributed by atoms with Gasteiger partial charge in [0.15, 0.2) is 0 Å². The van der Waals surface area contributed by atoms with Gasteiger partial charge in [-0.1, -0.05) is 12.1 Å². The Morgan fingerprint density at radius 2 is 1.92 bits per heavy atom. The van der Waals surface area contributed by atoms with Crippen LogP contribution in [0, 0.1) is 0 Å². The lowest BCUT2D eigenvalue weighted by atomic mass is 10.1. The zero-order valence-corrected chi connectivity index (χ0v) is 14.7. The van der Waals surface area contributed by atoms with Crippen LogP contribution in [-0.2, 0) is 22.4 Å². The number of ether oxygens (including phenoxy) is 2. The highest BCUT2D eigenvalue weighted by atomic mass is 32.1. The molecule has 1 aromatic heterocycles. The van der Waals surface area contributed by atoms with Gasteiger partial charge in [-0.15, -0.1) is 11.3 Å². The van der Waals surface area contributed by atoms with Crippen molar-refractivity contribution in [1.29, 1.82) is 0 Å². The fraction of sp³-hybridized carbons (Fsp3) is 0.278. The number of para-hydroxylation sites is 1. The van der Waals surface area contributed by atoms with Crippen LogP contribution < -0.4 is 10.1 Å². The molecule has 1 amide bonds. The summed E-state index contributed by atoms with van der Waals surface area (Å²) in [6.45, 7) is 1.27. The molecule has 2 aromatic rings. The molecule has 25 heavy (non-hydrogen) atoms. The topological polar surface area (TPSA) is 81.7 Å². The van der Waals surface area contributed by atoms with Gasteiger partial charge in [-0.05, 0) is 37.0 Å². The third-order valence-corrected chi connectivity index (χ3v) is 5.13. The van der Waals surface area contributed by atoms with E-state index in [4.69, 9.17) is 9.47 Å². The number of aryl methyl sites for hydroxylation is 1. The van der Waals surface area contributed by atoms with Crippen LogP contribution in [0.15, 0.2) is 24.3 Å². The molecule has 0 atom stereocenters. The number of hydrogen-bond acceptors (Lipinski definition) is 6. The van der Waals surface area contributed by atoms with Crippen molar-refractivity contribution in [2.75, 3.05) is 12.4 Å². The summed E-state index contributed by atoms with van der Waals surface area (Å²) in [7, 11) is 1.32. The highest BCUT2D eigenvalue weighted by Gasteiger charge is 2.28. The first-order chi connectivity index (χ1) is 12.0. The van der Waals surface area contributed by atoms with Gasteiger partial charge in [0.1, 0.15) is 10.8 Å². The summed E-state index contributed by atoms with van der Waals surface area (Å²) in [6, 6.07) is 6.46. The first-order valence-corrected chi connectivity index (χ1v) is 8.64. The maximum atomic E-state index is 12.7. The van der Waals surface area contributed by atoms with Crippen molar-refractivity contribution in [2.24, 2.45) is 0 Å². The number of amides is 1. The van der Waals surface area contributed by atoms with Gasteiger partial charge in [-0.3, -0.25) is 9.59 Å². The molecule has 1 aliphatic carbocycles. The molecule has 0 bridgehead atoms. The number of nitrogens with one attached hydrogen (secondary N) is 1. The van der Waals surface area contributed by atoms with Crippen molar-refractivity contribution in [3.05, 3.63) is 45.8 Å². The lowest BCUT2D eigenvalue weighted by Gasteiger charge is -2.10. The Balaban J connectivity index is 1.92. The summed E-state index contributed by atoms with van der Waals surface area (Å²) in [5.41, 5.74) is 1.61. The number of fused-ring (bicyclic) bond motifs is 1. The van der Waals surface area contributed by atoms with E-state index in [0.717, 1.165) is 29.7 Å². The van der Waals surface area contributed by atoms with Crippen LogP contribution in [0.2, 0.25) is 0 Å². The summed E-state index contributed by atoms with van der Waals surface area (Å²) in [6.07, 6.45) is 2.69. The number of carbonyl (C=O) groups is 3. The minimum Gasteiger partial charge on any atom is -0.465 e. The second-order valence-corrected chi connectivity index (χ2v) is 6.70. The molecule has 0 unspecified atom stereocenters. The van der Waals surface area contributed by atoms with E-state index in [2.05, 4.69) is 5.32 Å². The van der Waals surface area contributed by atoms with Crippen LogP contribution in [0.25, 0.3) is 0 Å². The van der Waals surface area contributed by atoms with Crippen LogP contribution >= 0.6 is 11.3 Å². The molecular formula is C18H17NO5S. The lowest BCUT2D eigenvalue weighted by molar-refractivity contribution is -0.131. The zero-order valence-electron chi connectivity index (χ0n) is 13.9. The molecule has 0 spiro atoms. The number of benzene rings is 1. The van der Waals surface area contributed by atoms with E-state index >= 15 is 0 Å². The first kappa shape index (κ1) is 17.2. The largest absolute Gasteiger partial charge is 0.465 e. The predicted octanol–water partition coefficient (Wildman–Crippen LogP) is 3.20. The van der Waals surface area contributed by atoms with E-state index in [-0.39, 0.29) is 11.3 Å². The second kappa shape index (κ2) is 7.06. The normalized spacial score (nSPS) is 12.4. The van der Waals surface area contributed by atoms with Gasteiger partial charge in [0.05, 0.1) is 18.2 Å². The van der Waals surface area contributed by atoms with Gasteiger partial charge < -0.3 is 14.8 Å². The number of carbonyl (C=O) groups excluding carboxylic acids is 3. The Morgan fingerprint density at radius 3 is 2.64 bits per heavy atom. The number of thiophene rings is 1. The van der Waals surface area contributed by atoms with Crippen LogP contribution in [0.5, 0.6) is 5.75 Å². The molecule has 6 nitrogen and oxygen atoms in total. The van der Waals surface area contributed by atoms with Gasteiger partial charge in [0, 0.05) is 11.8 Å². The Bertz CT molecular complexity index is 855. The fourth-order valence-corrected chi connectivity index (χ4v) is 4.15. The molecule has 0 fully saturated rings. The average molecular weight is 359 g/mol. The van der Waals surface area contributed by atoms with Crippen molar-refractivity contribution < 1.29 is 23.9 Å². The van der Waals surface area contributed by atoms with Crippen LogP contribution in [0.1, 0.15) is 44.5 Å². The number of hydrogen-bond donors (Lipinski definition) is 1. The van der Waals surface area contributed by atoms with E-state index < -0.39 is 17.8 Å². The minimum absolute atomic E-state index is 0.177. The summed E-state index contributed by atoms with van der Waals surface area (Å²) in [4.78, 5) is 37.1. The molecule has 130 valence electrons. The smallest absolute Gasteiger partial charge is 0.341 e. The molecule has 0 saturated heterocycles. The second-order valence-electron chi connectivity index (χ2n) is 5.60. The molecule has 1 heterocycles. The summed E-state index contributed by atoms with van der Waals surface area (Å²) in [5, 5.41) is 3.24. The van der Waals surface area contributed by atoms with Gasteiger partial charge in [0.2, 0.25) is 0 Å². The number of rotatable bonds is 4. The molecule has 1 aromatic carbocycles. The van der Waals surface area contributed by atoms with Gasteiger partial charge >= 0.3 is 11.9 Å². The zero-order chi connectivity index (χ0) is 18.0. The molecule has 3 rings (SSSR count). The third kappa shape index (κ3) is 3.41. The number of methoxy groups -OCH3 is 1. The van der Waals surface area contributed by atoms with Gasteiger partial charge in [-0.2, -0.15) is 0 Å². The molecule has 0 aliphatic heterocycles. The summed E-state index contributed by atoms with van der Waals surface area (Å²) < 4.78 is 9.95. The van der Waals surface area contributed by atoms with Gasteiger partial charge in [0.25, 0.3) is 5.91 Å². The van der Waals surface area contributed by atoms with E-state index in [1.54, 1.807) is 24.3 Å². The molecule has 1 aliphatic rings. The van der Waals surface area contributed by atoms with Crippen LogP contribution in [0.3, 0.4) is 0 Å². The van der Waals surface area contributed by atoms with Crippen LogP contribution in [0.4, 0.5) is 5.00 Å². The van der Waals surface area contributed by atoms with Crippen molar-refractivity contribution in [2.45, 2.75) is 26.2 Å². The number of esters is 2. The van der Waals surface area contributed by atoms with Crippen molar-refractivity contribution in [3.63, 3.8) is 0 Å². The standard InChI is InChI=1S/C18H17NO5S/c1-10(20)24-13-8-4-3-6-11(13)16(21)19-17-15(18(22)23-2)12-7-5-9-14(12)25-17/h3-4,6,8H,5,7,9H2,1-2H3,(H,19,21). The third-order valence-electron chi connectivity index (χ3n) is 3.92. The van der Waals surface area contributed by atoms with Crippen molar-refractivity contribution in [1.82, 2.24) is 0 Å². The van der Waals surface area contributed by atoms with Gasteiger partial charge in [-0.25, -0.2) is 4.79 Å². The number of anilines is 1. The fourth-order valence-electron chi connectivity index (χ4n) is 2.88. The highest BCUT2D eigenvalue weighted by Crippen LogP contribution is 2.39. The summed E-state index contributed by atoms with van der Waals surface area (Å²) in [5.74, 6) is -1.23. The maximum Gasteiger partial charge on any atom is 0.341 e. The van der Waals surface area contributed by atoms with E-state index in [1.807, 2.05) is 0 Å². The Kier molecular flexibility index (Phi) is 4.85. The molecule has 7 heteroatoms. The van der Waals surface area contributed by atoms with E-state index in [1.165, 1.54) is 25.4 Å². The molecular weight excluding hydrogens is 342 g/mol. The first-order valence-electron chi connectivity index (χ1n) is 7.83. The Hall–Kier alpha value is -2.67. The molecule has 1 N–H and O–H groups in total. The summed E-state index contributed by atoms with van der Waals surface area (Å²) >= 11 is 1.39. The molecule has 0 radical (unpaired) electrons. The minimum atomic E-state index is -0.509. The highest BCUT2D eigenvalue weighted by molar-refractivity contribution is 7.17. The molecule has 0 saturated carbocycles. The van der Waals surface area contributed by atoms with Crippen molar-refractivity contribution in [3.8, 4) is 5.75 Å². The Morgan fingerprint density at radius 1 is 1.16 bits per heavy atom. The predicted molar refractivity (Wildman–Crippen MR) is 93.4 cm³/mol. The SMILES string of the molecule is COC(=O)c1c(NC(=O)c2ccccc2OC(C)=O)sc2c1CCC2. The Labute approximate surface area is 148 Å². The lowest BCUT2D eigenvalue weighted by Crippen LogP contribution is -2.16. The maximum absolute atomic E-state index is 12.7. The quantitative estimate of drug-likeness (QED) is 0.670. The van der Waals surface area contributed by atoms with E-state index in [0.29, 0.717) is 10.6 Å². The van der Waals surface area contributed by atoms with Crippen LogP contribution in [-0.4, -0.2) is 25.0 Å². The van der Waals surface area contributed by atoms with E-state index in [9.17, 15) is 14.4 Å².